The van der Waals surface area contributed by atoms with Crippen LogP contribution in [0.4, 0.5) is 14.6 Å². The van der Waals surface area contributed by atoms with Crippen LogP contribution in [0, 0.1) is 11.6 Å². The molecule has 2 aromatic carbocycles. The minimum Gasteiger partial charge on any atom is -0.454 e. The molecule has 8 nitrogen and oxygen atoms in total. The molecule has 4 aromatic rings. The average Bonchev–Trinajstić information content (AvgIpc) is 3.50. The van der Waals surface area contributed by atoms with Crippen molar-refractivity contribution >= 4 is 22.6 Å². The van der Waals surface area contributed by atoms with E-state index in [9.17, 15) is 18.4 Å². The third-order valence-corrected chi connectivity index (χ3v) is 6.16. The first kappa shape index (κ1) is 22.3. The number of rotatable bonds is 5. The highest BCUT2D eigenvalue weighted by Gasteiger charge is 2.30. The van der Waals surface area contributed by atoms with Crippen molar-refractivity contribution in [2.45, 2.75) is 12.3 Å². The van der Waals surface area contributed by atoms with Crippen molar-refractivity contribution in [1.29, 1.82) is 0 Å². The number of aromatic amines is 1. The van der Waals surface area contributed by atoms with Crippen LogP contribution in [0.3, 0.4) is 0 Å². The van der Waals surface area contributed by atoms with Gasteiger partial charge in [0, 0.05) is 30.9 Å². The summed E-state index contributed by atoms with van der Waals surface area (Å²) in [7, 11) is 0. The number of hydrogen-bond donors (Lipinski definition) is 2. The zero-order valence-electron chi connectivity index (χ0n) is 18.5. The van der Waals surface area contributed by atoms with Crippen LogP contribution in [0.15, 0.2) is 66.1 Å². The van der Waals surface area contributed by atoms with Gasteiger partial charge >= 0.3 is 0 Å². The van der Waals surface area contributed by atoms with E-state index in [0.717, 1.165) is 11.6 Å². The van der Waals surface area contributed by atoms with Crippen LogP contribution < -0.4 is 16.0 Å². The lowest BCUT2D eigenvalue weighted by Crippen LogP contribution is -2.26. The van der Waals surface area contributed by atoms with Crippen LogP contribution in [0.25, 0.3) is 16.6 Å². The van der Waals surface area contributed by atoms with E-state index in [1.807, 2.05) is 6.20 Å². The summed E-state index contributed by atoms with van der Waals surface area (Å²) in [5, 5.41) is 6.77. The topological polar surface area (TPSA) is 106 Å². The number of nitrogens with two attached hydrogens (primary N) is 1. The second-order valence-corrected chi connectivity index (χ2v) is 8.24. The summed E-state index contributed by atoms with van der Waals surface area (Å²) in [6.45, 7) is 4.56. The third kappa shape index (κ3) is 3.92. The molecule has 35 heavy (non-hydrogen) atoms. The minimum atomic E-state index is -1.07. The fourth-order valence-electron chi connectivity index (χ4n) is 4.46. The Kier molecular flexibility index (Phi) is 5.56. The standard InChI is InChI=1S/C25H21F2N5O3/c1-2-20(33)31-11-10-14(12-31)17-13-32(23-21(17)25(34)30-29-24(23)28)15-6-8-16(9-7-15)35-19-5-3-4-18(26)22(19)27/h2-9,13-14H,1,10-12H2,(H2,28,29)(H,30,34)/t14-/m1/s1. The molecule has 3 heterocycles. The quantitative estimate of drug-likeness (QED) is 0.425. The highest BCUT2D eigenvalue weighted by atomic mass is 19.2. The van der Waals surface area contributed by atoms with Gasteiger partial charge in [-0.25, -0.2) is 9.49 Å². The Balaban J connectivity index is 1.53. The van der Waals surface area contributed by atoms with Gasteiger partial charge in [0.05, 0.1) is 5.39 Å². The van der Waals surface area contributed by atoms with Gasteiger partial charge in [-0.2, -0.15) is 9.49 Å². The van der Waals surface area contributed by atoms with Crippen LogP contribution in [0.1, 0.15) is 17.9 Å². The molecule has 0 spiro atoms. The number of anilines is 1. The maximum Gasteiger partial charge on any atom is 0.274 e. The van der Waals surface area contributed by atoms with Crippen molar-refractivity contribution in [2.75, 3.05) is 18.8 Å². The van der Waals surface area contributed by atoms with Gasteiger partial charge < -0.3 is 19.9 Å². The number of nitrogens with one attached hydrogen (secondary N) is 1. The molecular formula is C25H21F2N5O3. The summed E-state index contributed by atoms with van der Waals surface area (Å²) < 4.78 is 34.7. The molecular weight excluding hydrogens is 456 g/mol. The normalized spacial score (nSPS) is 15.5. The number of carbonyl (C=O) groups is 1. The van der Waals surface area contributed by atoms with Crippen molar-refractivity contribution < 1.29 is 18.3 Å². The second-order valence-electron chi connectivity index (χ2n) is 8.24. The molecule has 3 N–H and O–H groups in total. The van der Waals surface area contributed by atoms with Gasteiger partial charge in [-0.3, -0.25) is 9.59 Å². The number of hydrogen-bond acceptors (Lipinski definition) is 5. The van der Waals surface area contributed by atoms with E-state index in [1.54, 1.807) is 33.7 Å². The van der Waals surface area contributed by atoms with Gasteiger partial charge in [0.15, 0.2) is 17.4 Å². The lowest BCUT2D eigenvalue weighted by atomic mass is 9.99. The molecule has 1 aliphatic rings. The number of H-pyrrole nitrogens is 1. The average molecular weight is 477 g/mol. The summed E-state index contributed by atoms with van der Waals surface area (Å²) in [4.78, 5) is 26.5. The predicted octanol–water partition coefficient (Wildman–Crippen LogP) is 3.87. The van der Waals surface area contributed by atoms with Gasteiger partial charge in [0.2, 0.25) is 11.7 Å². The van der Waals surface area contributed by atoms with E-state index in [1.165, 1.54) is 18.2 Å². The number of ether oxygens (including phenoxy) is 1. The predicted molar refractivity (Wildman–Crippen MR) is 127 cm³/mol. The molecule has 10 heteroatoms. The summed E-state index contributed by atoms with van der Waals surface area (Å²) in [6, 6.07) is 10.3. The van der Waals surface area contributed by atoms with E-state index in [0.29, 0.717) is 41.9 Å². The number of likely N-dealkylation sites (tertiary alicyclic amines) is 1. The largest absolute Gasteiger partial charge is 0.454 e. The molecule has 0 saturated carbocycles. The lowest BCUT2D eigenvalue weighted by Gasteiger charge is -2.13. The van der Waals surface area contributed by atoms with Crippen molar-refractivity contribution in [3.8, 4) is 17.2 Å². The Morgan fingerprint density at radius 3 is 2.74 bits per heavy atom. The first-order chi connectivity index (χ1) is 16.9. The van der Waals surface area contributed by atoms with E-state index in [-0.39, 0.29) is 29.0 Å². The fourth-order valence-corrected chi connectivity index (χ4v) is 4.46. The second kappa shape index (κ2) is 8.71. The van der Waals surface area contributed by atoms with Gasteiger partial charge in [0.25, 0.3) is 5.56 Å². The summed E-state index contributed by atoms with van der Waals surface area (Å²) in [5.74, 6) is -2.08. The number of nitrogen functional groups attached to an aromatic ring is 1. The monoisotopic (exact) mass is 477 g/mol. The Hall–Kier alpha value is -4.47. The number of nitrogens with zero attached hydrogens (tertiary/aromatic N) is 3. The summed E-state index contributed by atoms with van der Waals surface area (Å²) >= 11 is 0. The van der Waals surface area contributed by atoms with Crippen LogP contribution in [0.2, 0.25) is 0 Å². The van der Waals surface area contributed by atoms with Crippen LogP contribution in [0.5, 0.6) is 11.5 Å². The zero-order chi connectivity index (χ0) is 24.7. The van der Waals surface area contributed by atoms with Crippen molar-refractivity contribution in [2.24, 2.45) is 0 Å². The summed E-state index contributed by atoms with van der Waals surface area (Å²) in [6.07, 6.45) is 3.79. The Bertz CT molecular complexity index is 1510. The molecule has 1 saturated heterocycles. The number of fused-ring (bicyclic) bond motifs is 1. The van der Waals surface area contributed by atoms with Gasteiger partial charge in [-0.05, 0) is 54.5 Å². The molecule has 0 bridgehead atoms. The molecule has 1 amide bonds. The molecule has 5 rings (SSSR count). The molecule has 1 fully saturated rings. The Labute approximate surface area is 198 Å². The number of halogens is 2. The Morgan fingerprint density at radius 2 is 2.00 bits per heavy atom. The number of aromatic nitrogens is 3. The molecule has 0 radical (unpaired) electrons. The molecule has 0 aliphatic carbocycles. The molecule has 1 atom stereocenters. The van der Waals surface area contributed by atoms with Crippen LogP contribution in [-0.2, 0) is 4.79 Å². The van der Waals surface area contributed by atoms with Gasteiger partial charge in [-0.15, -0.1) is 0 Å². The van der Waals surface area contributed by atoms with E-state index in [4.69, 9.17) is 10.5 Å². The maximum atomic E-state index is 14.0. The molecule has 0 unspecified atom stereocenters. The van der Waals surface area contributed by atoms with E-state index in [2.05, 4.69) is 16.8 Å². The summed E-state index contributed by atoms with van der Waals surface area (Å²) in [5.41, 5.74) is 7.64. The van der Waals surface area contributed by atoms with Crippen LogP contribution in [-0.4, -0.2) is 38.7 Å². The first-order valence-corrected chi connectivity index (χ1v) is 10.9. The molecule has 2 aromatic heterocycles. The lowest BCUT2D eigenvalue weighted by molar-refractivity contribution is -0.125. The number of amides is 1. The smallest absolute Gasteiger partial charge is 0.274 e. The van der Waals surface area contributed by atoms with Gasteiger partial charge in [0.1, 0.15) is 11.3 Å². The first-order valence-electron chi connectivity index (χ1n) is 10.9. The van der Waals surface area contributed by atoms with Crippen molar-refractivity contribution in [3.63, 3.8) is 0 Å². The van der Waals surface area contributed by atoms with E-state index >= 15 is 0 Å². The highest BCUT2D eigenvalue weighted by Crippen LogP contribution is 2.35. The molecule has 178 valence electrons. The minimum absolute atomic E-state index is 0.0656. The van der Waals surface area contributed by atoms with Gasteiger partial charge in [-0.1, -0.05) is 12.6 Å². The zero-order valence-corrected chi connectivity index (χ0v) is 18.5. The number of carbonyl (C=O) groups excluding carboxylic acids is 1. The van der Waals surface area contributed by atoms with Crippen molar-refractivity contribution in [3.05, 3.63) is 88.9 Å². The SMILES string of the molecule is C=CC(=O)N1CC[C@@H](c2cn(-c3ccc(Oc4cccc(F)c4F)cc3)c3c(N)n[nH]c(=O)c23)C1. The molecule has 1 aliphatic heterocycles. The third-order valence-electron chi connectivity index (χ3n) is 6.16. The fraction of sp³-hybridized carbons (Fsp3) is 0.160. The highest BCUT2D eigenvalue weighted by molar-refractivity contribution is 5.92. The van der Waals surface area contributed by atoms with Crippen LogP contribution >= 0.6 is 0 Å². The van der Waals surface area contributed by atoms with Crippen molar-refractivity contribution in [1.82, 2.24) is 19.7 Å². The maximum absolute atomic E-state index is 14.0. The number of benzene rings is 2. The Morgan fingerprint density at radius 1 is 1.23 bits per heavy atom. The van der Waals surface area contributed by atoms with E-state index < -0.39 is 11.6 Å².